The molecule has 3 rings (SSSR count). The largest absolute Gasteiger partial charge is 0.339 e. The van der Waals surface area contributed by atoms with Crippen LogP contribution in [0.25, 0.3) is 0 Å². The lowest BCUT2D eigenvalue weighted by atomic mass is 10.1. The Balaban J connectivity index is 1.62. The first kappa shape index (κ1) is 15.9. The van der Waals surface area contributed by atoms with Crippen molar-refractivity contribution in [2.45, 2.75) is 32.7 Å². The first-order chi connectivity index (χ1) is 11.1. The maximum absolute atomic E-state index is 4.62. The molecule has 6 nitrogen and oxygen atoms in total. The molecule has 1 aliphatic heterocycles. The summed E-state index contributed by atoms with van der Waals surface area (Å²) < 4.78 is 2.03. The maximum Gasteiger partial charge on any atom is 0.225 e. The minimum Gasteiger partial charge on any atom is -0.339 e. The van der Waals surface area contributed by atoms with E-state index in [0.717, 1.165) is 45.1 Å². The highest BCUT2D eigenvalue weighted by atomic mass is 15.3. The monoisotopic (exact) mass is 314 g/mol. The fourth-order valence-electron chi connectivity index (χ4n) is 2.97. The van der Waals surface area contributed by atoms with Crippen LogP contribution in [0.5, 0.6) is 0 Å². The SMILES string of the molecule is CC(C)c1cc(CN2CCCN(c3ncccn3)CC2)n(C)n1. The molecule has 2 aromatic rings. The van der Waals surface area contributed by atoms with Gasteiger partial charge in [-0.05, 0) is 24.5 Å². The molecule has 0 aliphatic carbocycles. The molecule has 0 radical (unpaired) electrons. The number of aryl methyl sites for hydroxylation is 1. The first-order valence-corrected chi connectivity index (χ1v) is 8.40. The molecule has 1 aliphatic rings. The Morgan fingerprint density at radius 3 is 2.57 bits per heavy atom. The van der Waals surface area contributed by atoms with Gasteiger partial charge in [0.05, 0.1) is 11.4 Å². The highest BCUT2D eigenvalue weighted by molar-refractivity contribution is 5.28. The van der Waals surface area contributed by atoms with Gasteiger partial charge in [-0.25, -0.2) is 9.97 Å². The topological polar surface area (TPSA) is 50.1 Å². The fourth-order valence-corrected chi connectivity index (χ4v) is 2.97. The fraction of sp³-hybridized carbons (Fsp3) is 0.588. The lowest BCUT2D eigenvalue weighted by Crippen LogP contribution is -2.31. The van der Waals surface area contributed by atoms with Crippen LogP contribution < -0.4 is 4.90 Å². The molecule has 0 unspecified atom stereocenters. The molecule has 0 saturated carbocycles. The predicted molar refractivity (Wildman–Crippen MR) is 91.4 cm³/mol. The van der Waals surface area contributed by atoms with Gasteiger partial charge in [-0.3, -0.25) is 9.58 Å². The smallest absolute Gasteiger partial charge is 0.225 e. The zero-order valence-electron chi connectivity index (χ0n) is 14.3. The molecule has 2 aromatic heterocycles. The van der Waals surface area contributed by atoms with Crippen molar-refractivity contribution in [3.63, 3.8) is 0 Å². The van der Waals surface area contributed by atoms with Crippen LogP contribution >= 0.6 is 0 Å². The van der Waals surface area contributed by atoms with E-state index >= 15 is 0 Å². The predicted octanol–water partition coefficient (Wildman–Crippen LogP) is 2.05. The molecule has 0 bridgehead atoms. The average Bonchev–Trinajstić information content (AvgIpc) is 2.77. The van der Waals surface area contributed by atoms with Crippen molar-refractivity contribution in [3.05, 3.63) is 35.9 Å². The van der Waals surface area contributed by atoms with Crippen molar-refractivity contribution in [1.82, 2.24) is 24.6 Å². The molecule has 0 aromatic carbocycles. The molecule has 0 N–H and O–H groups in total. The van der Waals surface area contributed by atoms with Gasteiger partial charge in [-0.15, -0.1) is 0 Å². The lowest BCUT2D eigenvalue weighted by Gasteiger charge is -2.21. The van der Waals surface area contributed by atoms with Crippen molar-refractivity contribution in [1.29, 1.82) is 0 Å². The Bertz CT molecular complexity index is 621. The molecule has 0 amide bonds. The number of anilines is 1. The van der Waals surface area contributed by atoms with Crippen molar-refractivity contribution in [2.75, 3.05) is 31.1 Å². The summed E-state index contributed by atoms with van der Waals surface area (Å²) in [7, 11) is 2.04. The third-order valence-electron chi connectivity index (χ3n) is 4.40. The van der Waals surface area contributed by atoms with Crippen LogP contribution in [0.2, 0.25) is 0 Å². The van der Waals surface area contributed by atoms with Crippen molar-refractivity contribution < 1.29 is 0 Å². The van der Waals surface area contributed by atoms with Gasteiger partial charge in [-0.1, -0.05) is 13.8 Å². The Kier molecular flexibility index (Phi) is 4.91. The van der Waals surface area contributed by atoms with Crippen LogP contribution in [0.3, 0.4) is 0 Å². The minimum absolute atomic E-state index is 0.477. The number of hydrogen-bond acceptors (Lipinski definition) is 5. The van der Waals surface area contributed by atoms with Crippen LogP contribution in [0.1, 0.15) is 37.6 Å². The average molecular weight is 314 g/mol. The summed E-state index contributed by atoms with van der Waals surface area (Å²) in [6.45, 7) is 9.46. The lowest BCUT2D eigenvalue weighted by molar-refractivity contribution is 0.277. The van der Waals surface area contributed by atoms with Gasteiger partial charge in [0.1, 0.15) is 0 Å². The Morgan fingerprint density at radius 1 is 1.09 bits per heavy atom. The molecule has 1 saturated heterocycles. The Labute approximate surface area is 138 Å². The van der Waals surface area contributed by atoms with E-state index < -0.39 is 0 Å². The maximum atomic E-state index is 4.62. The standard InChI is InChI=1S/C17H26N6/c1-14(2)16-12-15(21(3)20-16)13-22-8-5-9-23(11-10-22)17-18-6-4-7-19-17/h4,6-7,12,14H,5,8-11,13H2,1-3H3. The third kappa shape index (κ3) is 3.88. The zero-order chi connectivity index (χ0) is 16.2. The Morgan fingerprint density at radius 2 is 1.87 bits per heavy atom. The molecule has 6 heteroatoms. The van der Waals surface area contributed by atoms with Crippen molar-refractivity contribution >= 4 is 5.95 Å². The second-order valence-electron chi connectivity index (χ2n) is 6.50. The molecule has 0 atom stereocenters. The first-order valence-electron chi connectivity index (χ1n) is 8.40. The Hall–Kier alpha value is -1.95. The molecule has 1 fully saturated rings. The molecule has 0 spiro atoms. The summed E-state index contributed by atoms with van der Waals surface area (Å²) in [4.78, 5) is 13.5. The summed E-state index contributed by atoms with van der Waals surface area (Å²) in [6.07, 6.45) is 4.76. The summed E-state index contributed by atoms with van der Waals surface area (Å²) in [5, 5.41) is 4.62. The van der Waals surface area contributed by atoms with Crippen LogP contribution in [0, 0.1) is 0 Å². The third-order valence-corrected chi connectivity index (χ3v) is 4.40. The van der Waals surface area contributed by atoms with Crippen LogP contribution in [-0.2, 0) is 13.6 Å². The summed E-state index contributed by atoms with van der Waals surface area (Å²) >= 11 is 0. The van der Waals surface area contributed by atoms with E-state index in [0.29, 0.717) is 5.92 Å². The minimum atomic E-state index is 0.477. The van der Waals surface area contributed by atoms with Gasteiger partial charge in [0.25, 0.3) is 0 Å². The number of rotatable bonds is 4. The van der Waals surface area contributed by atoms with Gasteiger partial charge in [-0.2, -0.15) is 5.10 Å². The summed E-state index contributed by atoms with van der Waals surface area (Å²) in [5.74, 6) is 1.32. The van der Waals surface area contributed by atoms with E-state index in [1.165, 1.54) is 11.4 Å². The van der Waals surface area contributed by atoms with E-state index in [-0.39, 0.29) is 0 Å². The van der Waals surface area contributed by atoms with Crippen LogP contribution in [-0.4, -0.2) is 50.8 Å². The van der Waals surface area contributed by atoms with E-state index in [1.807, 2.05) is 30.2 Å². The van der Waals surface area contributed by atoms with Gasteiger partial charge >= 0.3 is 0 Å². The molecular formula is C17H26N6. The quantitative estimate of drug-likeness (QED) is 0.864. The van der Waals surface area contributed by atoms with Gasteiger partial charge in [0, 0.05) is 52.2 Å². The second-order valence-corrected chi connectivity index (χ2v) is 6.50. The summed E-state index contributed by atoms with van der Waals surface area (Å²) in [5.41, 5.74) is 2.47. The summed E-state index contributed by atoms with van der Waals surface area (Å²) in [6, 6.07) is 4.11. The van der Waals surface area contributed by atoms with E-state index in [1.54, 1.807) is 0 Å². The second kappa shape index (κ2) is 7.08. The normalized spacial score (nSPS) is 16.8. The number of hydrogen-bond donors (Lipinski definition) is 0. The molecule has 124 valence electrons. The van der Waals surface area contributed by atoms with Crippen LogP contribution in [0.15, 0.2) is 24.5 Å². The van der Waals surface area contributed by atoms with Crippen molar-refractivity contribution in [2.24, 2.45) is 7.05 Å². The van der Waals surface area contributed by atoms with E-state index in [9.17, 15) is 0 Å². The highest BCUT2D eigenvalue weighted by Crippen LogP contribution is 2.17. The van der Waals surface area contributed by atoms with Crippen LogP contribution in [0.4, 0.5) is 5.95 Å². The zero-order valence-corrected chi connectivity index (χ0v) is 14.3. The van der Waals surface area contributed by atoms with Gasteiger partial charge in [0.15, 0.2) is 0 Å². The van der Waals surface area contributed by atoms with E-state index in [4.69, 9.17) is 0 Å². The number of nitrogens with zero attached hydrogens (tertiary/aromatic N) is 6. The molecule has 3 heterocycles. The number of aromatic nitrogens is 4. The van der Waals surface area contributed by atoms with Gasteiger partial charge in [0.2, 0.25) is 5.95 Å². The molecule has 23 heavy (non-hydrogen) atoms. The van der Waals surface area contributed by atoms with Crippen molar-refractivity contribution in [3.8, 4) is 0 Å². The highest BCUT2D eigenvalue weighted by Gasteiger charge is 2.18. The van der Waals surface area contributed by atoms with E-state index in [2.05, 4.69) is 44.8 Å². The molecular weight excluding hydrogens is 288 g/mol. The van der Waals surface area contributed by atoms with Gasteiger partial charge < -0.3 is 4.90 Å².